The van der Waals surface area contributed by atoms with Gasteiger partial charge >= 0.3 is 0 Å². The van der Waals surface area contributed by atoms with E-state index in [0.717, 1.165) is 36.8 Å². The molecule has 7 nitrogen and oxygen atoms in total. The SMILES string of the molecule is COC(CCCCCCCCCCCC=CC(OCc1ccccc1)OC(C=CCCCCCCCCCCCC(OC)OC)OCc1ccccc1)OC. The Balaban J connectivity index is 1.76. The number of allylic oxidation sites excluding steroid dienone is 2. The molecule has 0 amide bonds. The van der Waals surface area contributed by atoms with Crippen LogP contribution in [0.15, 0.2) is 85.0 Å². The van der Waals surface area contributed by atoms with Crippen LogP contribution in [0.4, 0.5) is 0 Å². The largest absolute Gasteiger partial charge is 0.356 e. The molecular weight excluding hydrogens is 689 g/mol. The summed E-state index contributed by atoms with van der Waals surface area (Å²) in [6.45, 7) is 0.957. The second kappa shape index (κ2) is 36.0. The van der Waals surface area contributed by atoms with E-state index >= 15 is 0 Å². The lowest BCUT2D eigenvalue weighted by Crippen LogP contribution is -2.24. The summed E-state index contributed by atoms with van der Waals surface area (Å²) in [5.41, 5.74) is 2.25. The highest BCUT2D eigenvalue weighted by molar-refractivity contribution is 5.14. The molecule has 0 N–H and O–H groups in total. The van der Waals surface area contributed by atoms with Crippen molar-refractivity contribution in [1.82, 2.24) is 0 Å². The lowest BCUT2D eigenvalue weighted by atomic mass is 10.1. The van der Waals surface area contributed by atoms with Crippen molar-refractivity contribution in [2.45, 2.75) is 180 Å². The van der Waals surface area contributed by atoms with E-state index in [9.17, 15) is 0 Å². The Kier molecular flexibility index (Phi) is 31.9. The van der Waals surface area contributed by atoms with Gasteiger partial charge in [-0.2, -0.15) is 0 Å². The zero-order chi connectivity index (χ0) is 39.3. The Morgan fingerprint density at radius 2 is 0.709 bits per heavy atom. The van der Waals surface area contributed by atoms with Gasteiger partial charge < -0.3 is 33.2 Å². The van der Waals surface area contributed by atoms with Gasteiger partial charge in [-0.05, 0) is 74.6 Å². The van der Waals surface area contributed by atoms with Gasteiger partial charge in [0.15, 0.2) is 25.2 Å². The number of unbranched alkanes of at least 4 members (excludes halogenated alkanes) is 18. The fraction of sp³-hybridized carbons (Fsp3) is 0.667. The molecule has 0 aliphatic rings. The van der Waals surface area contributed by atoms with Crippen LogP contribution in [0, 0.1) is 0 Å². The molecule has 0 saturated heterocycles. The Bertz CT molecular complexity index is 1040. The maximum atomic E-state index is 6.50. The minimum absolute atomic E-state index is 0.0542. The molecule has 2 rings (SSSR count). The van der Waals surface area contributed by atoms with Gasteiger partial charge in [0, 0.05) is 28.4 Å². The van der Waals surface area contributed by atoms with Gasteiger partial charge in [-0.25, -0.2) is 0 Å². The molecule has 0 heterocycles. The van der Waals surface area contributed by atoms with E-state index in [1.165, 1.54) is 116 Å². The number of hydrogen-bond donors (Lipinski definition) is 0. The standard InChI is InChI=1S/C48H78O7/c1-49-45(50-2)37-29-19-15-11-7-5-9-13-17-21-31-39-47(53-41-43-33-25-23-26-34-43)55-48(54-42-44-35-27-24-28-36-44)40-32-22-18-14-10-6-8-12-16-20-30-38-46(51-3)52-4/h23-28,31-36,39-40,45-48H,5-22,29-30,37-38,41-42H2,1-4H3. The highest BCUT2D eigenvalue weighted by Crippen LogP contribution is 2.17. The van der Waals surface area contributed by atoms with Crippen molar-refractivity contribution >= 4 is 0 Å². The van der Waals surface area contributed by atoms with Gasteiger partial charge in [-0.15, -0.1) is 0 Å². The number of rotatable bonds is 38. The third-order valence-electron chi connectivity index (χ3n) is 10.0. The topological polar surface area (TPSA) is 64.6 Å². The minimum atomic E-state index is -0.505. The van der Waals surface area contributed by atoms with Gasteiger partial charge in [-0.3, -0.25) is 0 Å². The predicted molar refractivity (Wildman–Crippen MR) is 227 cm³/mol. The summed E-state index contributed by atoms with van der Waals surface area (Å²) in [6.07, 6.45) is 34.3. The molecule has 2 unspecified atom stereocenters. The van der Waals surface area contributed by atoms with Crippen LogP contribution in [0.2, 0.25) is 0 Å². The van der Waals surface area contributed by atoms with Crippen LogP contribution < -0.4 is 0 Å². The zero-order valence-corrected chi connectivity index (χ0v) is 35.2. The summed E-state index contributed by atoms with van der Waals surface area (Å²) in [7, 11) is 6.86. The summed E-state index contributed by atoms with van der Waals surface area (Å²) in [6, 6.07) is 20.6. The van der Waals surface area contributed by atoms with Crippen molar-refractivity contribution < 1.29 is 33.2 Å². The summed E-state index contributed by atoms with van der Waals surface area (Å²) in [5, 5.41) is 0. The average Bonchev–Trinajstić information content (AvgIpc) is 3.22. The fourth-order valence-corrected chi connectivity index (χ4v) is 6.62. The molecular formula is C48H78O7. The normalized spacial score (nSPS) is 13.2. The fourth-order valence-electron chi connectivity index (χ4n) is 6.62. The minimum Gasteiger partial charge on any atom is -0.356 e. The van der Waals surface area contributed by atoms with E-state index in [0.29, 0.717) is 13.2 Å². The van der Waals surface area contributed by atoms with Crippen LogP contribution in [0.3, 0.4) is 0 Å². The predicted octanol–water partition coefficient (Wildman–Crippen LogP) is 13.0. The number of hydrogen-bond acceptors (Lipinski definition) is 7. The molecule has 0 aromatic heterocycles. The highest BCUT2D eigenvalue weighted by Gasteiger charge is 2.14. The van der Waals surface area contributed by atoms with E-state index in [1.54, 1.807) is 28.4 Å². The molecule has 2 aromatic rings. The third-order valence-corrected chi connectivity index (χ3v) is 10.0. The molecule has 0 spiro atoms. The van der Waals surface area contributed by atoms with Gasteiger partial charge in [0.1, 0.15) is 0 Å². The molecule has 2 atom stereocenters. The van der Waals surface area contributed by atoms with Gasteiger partial charge in [0.05, 0.1) is 13.2 Å². The van der Waals surface area contributed by atoms with Crippen molar-refractivity contribution in [1.29, 1.82) is 0 Å². The van der Waals surface area contributed by atoms with Crippen LogP contribution in [0.5, 0.6) is 0 Å². The monoisotopic (exact) mass is 767 g/mol. The van der Waals surface area contributed by atoms with E-state index in [2.05, 4.69) is 48.6 Å². The summed E-state index contributed by atoms with van der Waals surface area (Å²) >= 11 is 0. The number of benzene rings is 2. The molecule has 0 aliphatic heterocycles. The number of methoxy groups -OCH3 is 4. The Morgan fingerprint density at radius 3 is 1.04 bits per heavy atom. The molecule has 0 saturated carbocycles. The third kappa shape index (κ3) is 27.8. The first-order valence-electron chi connectivity index (χ1n) is 21.6. The smallest absolute Gasteiger partial charge is 0.180 e. The van der Waals surface area contributed by atoms with Crippen LogP contribution in [-0.4, -0.2) is 53.6 Å². The maximum absolute atomic E-state index is 6.50. The van der Waals surface area contributed by atoms with E-state index in [-0.39, 0.29) is 12.6 Å². The zero-order valence-electron chi connectivity index (χ0n) is 35.2. The maximum Gasteiger partial charge on any atom is 0.180 e. The van der Waals surface area contributed by atoms with E-state index < -0.39 is 12.6 Å². The summed E-state index contributed by atoms with van der Waals surface area (Å²) < 4.78 is 40.3. The quantitative estimate of drug-likeness (QED) is 0.0383. The van der Waals surface area contributed by atoms with Crippen molar-refractivity contribution in [3.8, 4) is 0 Å². The Morgan fingerprint density at radius 1 is 0.400 bits per heavy atom. The lowest BCUT2D eigenvalue weighted by molar-refractivity contribution is -0.215. The van der Waals surface area contributed by atoms with E-state index in [4.69, 9.17) is 33.2 Å². The first kappa shape index (κ1) is 48.8. The Labute approximate surface area is 336 Å². The van der Waals surface area contributed by atoms with Gasteiger partial charge in [0.25, 0.3) is 0 Å². The molecule has 55 heavy (non-hydrogen) atoms. The first-order chi connectivity index (χ1) is 27.2. The average molecular weight is 767 g/mol. The van der Waals surface area contributed by atoms with E-state index in [1.807, 2.05) is 36.4 Å². The lowest BCUT2D eigenvalue weighted by Gasteiger charge is -2.22. The van der Waals surface area contributed by atoms with Crippen molar-refractivity contribution in [3.05, 3.63) is 96.1 Å². The second-order valence-electron chi connectivity index (χ2n) is 14.6. The molecule has 7 heteroatoms. The summed E-state index contributed by atoms with van der Waals surface area (Å²) in [4.78, 5) is 0. The molecule has 0 radical (unpaired) electrons. The van der Waals surface area contributed by atoms with Crippen molar-refractivity contribution in [2.24, 2.45) is 0 Å². The van der Waals surface area contributed by atoms with Crippen LogP contribution in [0.25, 0.3) is 0 Å². The van der Waals surface area contributed by atoms with Crippen LogP contribution >= 0.6 is 0 Å². The number of ether oxygens (including phenoxy) is 7. The van der Waals surface area contributed by atoms with Crippen molar-refractivity contribution in [3.63, 3.8) is 0 Å². The van der Waals surface area contributed by atoms with Crippen LogP contribution in [0.1, 0.15) is 152 Å². The molecule has 0 bridgehead atoms. The highest BCUT2D eigenvalue weighted by atomic mass is 16.8. The Hall–Kier alpha value is -2.36. The molecule has 2 aromatic carbocycles. The van der Waals surface area contributed by atoms with Crippen LogP contribution in [-0.2, 0) is 46.4 Å². The summed E-state index contributed by atoms with van der Waals surface area (Å²) in [5.74, 6) is 0. The van der Waals surface area contributed by atoms with Gasteiger partial charge in [0.2, 0.25) is 0 Å². The molecule has 0 fully saturated rings. The molecule has 0 aliphatic carbocycles. The van der Waals surface area contributed by atoms with Crippen molar-refractivity contribution in [2.75, 3.05) is 28.4 Å². The van der Waals surface area contributed by atoms with Gasteiger partial charge in [-0.1, -0.05) is 163 Å². The first-order valence-corrected chi connectivity index (χ1v) is 21.6. The second-order valence-corrected chi connectivity index (χ2v) is 14.6. The molecule has 312 valence electrons.